The first kappa shape index (κ1) is 18.6. The fourth-order valence-corrected chi connectivity index (χ4v) is 4.78. The second kappa shape index (κ2) is 7.60. The molecule has 1 saturated heterocycles. The number of halogens is 3. The molecule has 0 aromatic heterocycles. The number of rotatable bonds is 4. The van der Waals surface area contributed by atoms with E-state index in [9.17, 15) is 12.8 Å². The van der Waals surface area contributed by atoms with Crippen molar-refractivity contribution in [2.45, 2.75) is 11.9 Å². The van der Waals surface area contributed by atoms with Crippen LogP contribution in [0.25, 0.3) is 0 Å². The first-order chi connectivity index (χ1) is 11.8. The summed E-state index contributed by atoms with van der Waals surface area (Å²) in [6.07, 6.45) is -0.437. The Hall–Kier alpha value is -1.18. The van der Waals surface area contributed by atoms with Gasteiger partial charge in [-0.2, -0.15) is 4.31 Å². The maximum absolute atomic E-state index is 13.0. The number of nitrogens with zero attached hydrogens (tertiary/aromatic N) is 1. The number of hydrogen-bond acceptors (Lipinski definition) is 3. The molecule has 0 N–H and O–H groups in total. The van der Waals surface area contributed by atoms with E-state index in [2.05, 4.69) is 0 Å². The molecule has 1 fully saturated rings. The minimum atomic E-state index is -3.55. The summed E-state index contributed by atoms with van der Waals surface area (Å²) in [6, 6.07) is 10.5. The average Bonchev–Trinajstić information content (AvgIpc) is 2.56. The molecule has 3 rings (SSSR count). The van der Waals surface area contributed by atoms with E-state index in [0.29, 0.717) is 15.6 Å². The topological polar surface area (TPSA) is 46.6 Å². The van der Waals surface area contributed by atoms with E-state index < -0.39 is 21.9 Å². The molecule has 0 spiro atoms. The molecular weight excluding hydrogens is 388 g/mol. The van der Waals surface area contributed by atoms with E-state index in [4.69, 9.17) is 27.9 Å². The highest BCUT2D eigenvalue weighted by Gasteiger charge is 2.30. The quantitative estimate of drug-likeness (QED) is 0.773. The first-order valence-electron chi connectivity index (χ1n) is 7.63. The van der Waals surface area contributed by atoms with Gasteiger partial charge in [0.05, 0.1) is 18.5 Å². The summed E-state index contributed by atoms with van der Waals surface area (Å²) in [7, 11) is -3.55. The van der Waals surface area contributed by atoms with Gasteiger partial charge in [-0.25, -0.2) is 12.8 Å². The third kappa shape index (κ3) is 4.71. The molecule has 1 aliphatic heterocycles. The van der Waals surface area contributed by atoms with Crippen molar-refractivity contribution in [3.63, 3.8) is 0 Å². The number of sulfonamides is 1. The summed E-state index contributed by atoms with van der Waals surface area (Å²) in [6.45, 7) is 0.728. The van der Waals surface area contributed by atoms with E-state index in [0.717, 1.165) is 5.56 Å². The van der Waals surface area contributed by atoms with Gasteiger partial charge in [-0.3, -0.25) is 0 Å². The highest BCUT2D eigenvalue weighted by molar-refractivity contribution is 7.88. The standard InChI is InChI=1S/C17H16Cl2FNO3S/c18-14-7-13(8-15(19)9-14)17-10-21(5-6-24-17)25(22,23)11-12-1-3-16(20)4-2-12/h1-4,7-9,17H,5-6,10-11H2. The highest BCUT2D eigenvalue weighted by Crippen LogP contribution is 2.29. The Kier molecular flexibility index (Phi) is 5.65. The van der Waals surface area contributed by atoms with Crippen LogP contribution in [0.4, 0.5) is 4.39 Å². The second-order valence-electron chi connectivity index (χ2n) is 5.80. The van der Waals surface area contributed by atoms with Gasteiger partial charge in [0.25, 0.3) is 0 Å². The van der Waals surface area contributed by atoms with Crippen LogP contribution in [-0.2, 0) is 20.5 Å². The second-order valence-corrected chi connectivity index (χ2v) is 8.64. The van der Waals surface area contributed by atoms with Gasteiger partial charge in [-0.05, 0) is 41.5 Å². The Morgan fingerprint density at radius 2 is 1.76 bits per heavy atom. The largest absolute Gasteiger partial charge is 0.371 e. The van der Waals surface area contributed by atoms with Gasteiger partial charge < -0.3 is 4.74 Å². The van der Waals surface area contributed by atoms with E-state index in [1.54, 1.807) is 18.2 Å². The lowest BCUT2D eigenvalue weighted by atomic mass is 10.1. The number of benzene rings is 2. The number of morpholine rings is 1. The summed E-state index contributed by atoms with van der Waals surface area (Å²) in [5.41, 5.74) is 1.27. The minimum absolute atomic E-state index is 0.181. The summed E-state index contributed by atoms with van der Waals surface area (Å²) in [5.74, 6) is -0.582. The van der Waals surface area contributed by atoms with Crippen molar-refractivity contribution in [2.75, 3.05) is 19.7 Å². The van der Waals surface area contributed by atoms with Crippen molar-refractivity contribution in [1.82, 2.24) is 4.31 Å². The van der Waals surface area contributed by atoms with Crippen molar-refractivity contribution in [3.05, 3.63) is 69.5 Å². The normalized spacial score (nSPS) is 19.1. The molecule has 8 heteroatoms. The van der Waals surface area contributed by atoms with Crippen LogP contribution in [-0.4, -0.2) is 32.4 Å². The summed E-state index contributed by atoms with van der Waals surface area (Å²) in [5, 5.41) is 0.940. The lowest BCUT2D eigenvalue weighted by molar-refractivity contribution is -0.00259. The van der Waals surface area contributed by atoms with Crippen LogP contribution in [0.15, 0.2) is 42.5 Å². The fourth-order valence-electron chi connectivity index (χ4n) is 2.72. The van der Waals surface area contributed by atoms with Crippen LogP contribution in [0.5, 0.6) is 0 Å². The Labute approximate surface area is 156 Å². The maximum Gasteiger partial charge on any atom is 0.218 e. The molecule has 1 atom stereocenters. The van der Waals surface area contributed by atoms with Crippen molar-refractivity contribution in [2.24, 2.45) is 0 Å². The zero-order valence-corrected chi connectivity index (χ0v) is 15.5. The summed E-state index contributed by atoms with van der Waals surface area (Å²) < 4.78 is 45.4. The molecule has 1 unspecified atom stereocenters. The molecular formula is C17H16Cl2FNO3S. The molecule has 0 radical (unpaired) electrons. The van der Waals surface area contributed by atoms with Gasteiger partial charge in [0, 0.05) is 23.1 Å². The lowest BCUT2D eigenvalue weighted by Gasteiger charge is -2.32. The molecule has 4 nitrogen and oxygen atoms in total. The Bertz CT molecular complexity index is 838. The first-order valence-corrected chi connectivity index (χ1v) is 10.00. The van der Waals surface area contributed by atoms with E-state index >= 15 is 0 Å². The van der Waals surface area contributed by atoms with E-state index in [1.807, 2.05) is 0 Å². The van der Waals surface area contributed by atoms with Crippen LogP contribution >= 0.6 is 23.2 Å². The van der Waals surface area contributed by atoms with Crippen LogP contribution in [0.2, 0.25) is 10.0 Å². The SMILES string of the molecule is O=S(=O)(Cc1ccc(F)cc1)N1CCOC(c2cc(Cl)cc(Cl)c2)C1. The molecule has 0 amide bonds. The van der Waals surface area contributed by atoms with Crippen LogP contribution in [0.1, 0.15) is 17.2 Å². The zero-order valence-electron chi connectivity index (χ0n) is 13.2. The Balaban J connectivity index is 1.76. The molecule has 25 heavy (non-hydrogen) atoms. The van der Waals surface area contributed by atoms with Crippen molar-refractivity contribution in [1.29, 1.82) is 0 Å². The summed E-state index contributed by atoms with van der Waals surface area (Å²) in [4.78, 5) is 0. The lowest BCUT2D eigenvalue weighted by Crippen LogP contribution is -2.42. The molecule has 1 heterocycles. The predicted octanol–water partition coefficient (Wildman–Crippen LogP) is 4.04. The van der Waals surface area contributed by atoms with Gasteiger partial charge in [0.2, 0.25) is 10.0 Å². The fraction of sp³-hybridized carbons (Fsp3) is 0.294. The van der Waals surface area contributed by atoms with Crippen LogP contribution < -0.4 is 0 Å². The highest BCUT2D eigenvalue weighted by atomic mass is 35.5. The summed E-state index contributed by atoms with van der Waals surface area (Å²) >= 11 is 12.0. The van der Waals surface area contributed by atoms with Gasteiger partial charge >= 0.3 is 0 Å². The van der Waals surface area contributed by atoms with Gasteiger partial charge in [-0.15, -0.1) is 0 Å². The third-order valence-corrected chi connectivity index (χ3v) is 6.19. The molecule has 2 aromatic carbocycles. The third-order valence-electron chi connectivity index (χ3n) is 3.94. The number of ether oxygens (including phenoxy) is 1. The van der Waals surface area contributed by atoms with E-state index in [-0.39, 0.29) is 25.4 Å². The Morgan fingerprint density at radius 1 is 1.12 bits per heavy atom. The molecule has 0 saturated carbocycles. The molecule has 0 bridgehead atoms. The smallest absolute Gasteiger partial charge is 0.218 e. The van der Waals surface area contributed by atoms with Crippen molar-refractivity contribution < 1.29 is 17.5 Å². The molecule has 1 aliphatic rings. The molecule has 134 valence electrons. The predicted molar refractivity (Wildman–Crippen MR) is 95.8 cm³/mol. The van der Waals surface area contributed by atoms with Crippen LogP contribution in [0.3, 0.4) is 0 Å². The Morgan fingerprint density at radius 3 is 2.40 bits per heavy atom. The average molecular weight is 404 g/mol. The zero-order chi connectivity index (χ0) is 18.0. The molecule has 0 aliphatic carbocycles. The van der Waals surface area contributed by atoms with Gasteiger partial charge in [0.1, 0.15) is 5.82 Å². The van der Waals surface area contributed by atoms with Gasteiger partial charge in [0.15, 0.2) is 0 Å². The number of hydrogen-bond donors (Lipinski definition) is 0. The van der Waals surface area contributed by atoms with E-state index in [1.165, 1.54) is 28.6 Å². The van der Waals surface area contributed by atoms with Crippen molar-refractivity contribution in [3.8, 4) is 0 Å². The molecule has 2 aromatic rings. The minimum Gasteiger partial charge on any atom is -0.371 e. The maximum atomic E-state index is 13.0. The monoisotopic (exact) mass is 403 g/mol. The van der Waals surface area contributed by atoms with Crippen molar-refractivity contribution >= 4 is 33.2 Å². The van der Waals surface area contributed by atoms with Gasteiger partial charge in [-0.1, -0.05) is 35.3 Å². The van der Waals surface area contributed by atoms with Crippen LogP contribution in [0, 0.1) is 5.82 Å².